The van der Waals surface area contributed by atoms with Crippen LogP contribution in [-0.4, -0.2) is 51.1 Å². The van der Waals surface area contributed by atoms with Gasteiger partial charge in [0, 0.05) is 12.5 Å². The van der Waals surface area contributed by atoms with E-state index < -0.39 is 28.3 Å². The van der Waals surface area contributed by atoms with Crippen molar-refractivity contribution < 1.29 is 27.5 Å². The third kappa shape index (κ3) is 6.57. The van der Waals surface area contributed by atoms with Gasteiger partial charge in [0.25, 0.3) is 5.91 Å². The second-order valence-electron chi connectivity index (χ2n) is 5.59. The van der Waals surface area contributed by atoms with Crippen molar-refractivity contribution in [1.82, 2.24) is 5.32 Å². The number of sulfone groups is 1. The number of nitrogens with one attached hydrogen (secondary N) is 1. The van der Waals surface area contributed by atoms with Crippen LogP contribution in [0, 0.1) is 0 Å². The van der Waals surface area contributed by atoms with E-state index in [0.717, 1.165) is 5.75 Å². The maximum Gasteiger partial charge on any atom is 0.306 e. The van der Waals surface area contributed by atoms with Crippen LogP contribution in [0.1, 0.15) is 19.3 Å². The van der Waals surface area contributed by atoms with Gasteiger partial charge in [0.2, 0.25) is 0 Å². The van der Waals surface area contributed by atoms with Crippen LogP contribution in [0.25, 0.3) is 0 Å². The molecule has 7 nitrogen and oxygen atoms in total. The summed E-state index contributed by atoms with van der Waals surface area (Å²) in [5, 5.41) is 2.56. The molecule has 0 spiro atoms. The van der Waals surface area contributed by atoms with Gasteiger partial charge >= 0.3 is 5.97 Å². The lowest BCUT2D eigenvalue weighted by Gasteiger charge is -2.11. The summed E-state index contributed by atoms with van der Waals surface area (Å²) in [5.41, 5.74) is 0. The first-order valence-electron chi connectivity index (χ1n) is 7.78. The van der Waals surface area contributed by atoms with E-state index in [1.165, 1.54) is 0 Å². The summed E-state index contributed by atoms with van der Waals surface area (Å²) in [4.78, 5) is 23.2. The van der Waals surface area contributed by atoms with Crippen LogP contribution in [0.2, 0.25) is 0 Å². The Balaban J connectivity index is 1.55. The molecule has 1 aliphatic heterocycles. The molecule has 2 rings (SSSR count). The first-order valence-corrected chi connectivity index (χ1v) is 9.60. The third-order valence-corrected chi connectivity index (χ3v) is 5.27. The molecule has 0 radical (unpaired) electrons. The van der Waals surface area contributed by atoms with Crippen LogP contribution < -0.4 is 10.1 Å². The Morgan fingerprint density at radius 1 is 1.21 bits per heavy atom. The normalized spacial score (nSPS) is 18.8. The molecule has 0 aromatic heterocycles. The second kappa shape index (κ2) is 8.68. The molecular weight excluding hydrogens is 334 g/mol. The average Bonchev–Trinajstić information content (AvgIpc) is 2.89. The Morgan fingerprint density at radius 2 is 1.96 bits per heavy atom. The van der Waals surface area contributed by atoms with Gasteiger partial charge in [0.1, 0.15) is 5.75 Å². The van der Waals surface area contributed by atoms with Crippen LogP contribution in [-0.2, 0) is 24.2 Å². The SMILES string of the molecule is O=C(COC(=O)CCCOc1ccccc1)N[C@H]1CCS(=O)(=O)C1. The van der Waals surface area contributed by atoms with Crippen molar-refractivity contribution in [2.24, 2.45) is 0 Å². The monoisotopic (exact) mass is 355 g/mol. The fraction of sp³-hybridized carbons (Fsp3) is 0.500. The van der Waals surface area contributed by atoms with E-state index in [1.807, 2.05) is 30.3 Å². The number of amides is 1. The smallest absolute Gasteiger partial charge is 0.306 e. The molecule has 1 atom stereocenters. The molecule has 1 heterocycles. The predicted molar refractivity (Wildman–Crippen MR) is 87.3 cm³/mol. The van der Waals surface area contributed by atoms with Crippen molar-refractivity contribution in [3.63, 3.8) is 0 Å². The van der Waals surface area contributed by atoms with Gasteiger partial charge in [0.05, 0.1) is 18.1 Å². The van der Waals surface area contributed by atoms with E-state index >= 15 is 0 Å². The number of carbonyl (C=O) groups is 2. The highest BCUT2D eigenvalue weighted by Gasteiger charge is 2.28. The summed E-state index contributed by atoms with van der Waals surface area (Å²) >= 11 is 0. The minimum Gasteiger partial charge on any atom is -0.494 e. The summed E-state index contributed by atoms with van der Waals surface area (Å²) < 4.78 is 32.9. The first-order chi connectivity index (χ1) is 11.4. The van der Waals surface area contributed by atoms with Crippen molar-refractivity contribution in [2.45, 2.75) is 25.3 Å². The highest BCUT2D eigenvalue weighted by Crippen LogP contribution is 2.11. The van der Waals surface area contributed by atoms with Gasteiger partial charge in [-0.25, -0.2) is 8.42 Å². The molecule has 1 amide bonds. The lowest BCUT2D eigenvalue weighted by atomic mass is 10.2. The van der Waals surface area contributed by atoms with E-state index in [9.17, 15) is 18.0 Å². The maximum atomic E-state index is 11.6. The van der Waals surface area contributed by atoms with Gasteiger partial charge in [-0.15, -0.1) is 0 Å². The number of carbonyl (C=O) groups excluding carboxylic acids is 2. The van der Waals surface area contributed by atoms with Gasteiger partial charge < -0.3 is 14.8 Å². The molecule has 0 unspecified atom stereocenters. The van der Waals surface area contributed by atoms with E-state index in [1.54, 1.807) is 0 Å². The Kier molecular flexibility index (Phi) is 6.60. The average molecular weight is 355 g/mol. The summed E-state index contributed by atoms with van der Waals surface area (Å²) in [6, 6.07) is 8.87. The van der Waals surface area contributed by atoms with E-state index in [4.69, 9.17) is 9.47 Å². The minimum atomic E-state index is -3.05. The number of benzene rings is 1. The lowest BCUT2D eigenvalue weighted by molar-refractivity contribution is -0.148. The molecule has 1 aliphatic rings. The number of hydrogen-bond acceptors (Lipinski definition) is 6. The third-order valence-electron chi connectivity index (χ3n) is 3.50. The molecule has 1 N–H and O–H groups in total. The van der Waals surface area contributed by atoms with Crippen LogP contribution in [0.4, 0.5) is 0 Å². The zero-order valence-electron chi connectivity index (χ0n) is 13.3. The van der Waals surface area contributed by atoms with Gasteiger partial charge in [-0.1, -0.05) is 18.2 Å². The standard InChI is InChI=1S/C16H21NO6S/c18-15(17-13-8-10-24(20,21)12-13)11-23-16(19)7-4-9-22-14-5-2-1-3-6-14/h1-3,5-6,13H,4,7-12H2,(H,17,18)/t13-/m0/s1. The Labute approximate surface area is 141 Å². The van der Waals surface area contributed by atoms with Crippen molar-refractivity contribution in [3.8, 4) is 5.75 Å². The van der Waals surface area contributed by atoms with Crippen molar-refractivity contribution in [3.05, 3.63) is 30.3 Å². The molecule has 0 aliphatic carbocycles. The number of esters is 1. The molecule has 8 heteroatoms. The zero-order valence-corrected chi connectivity index (χ0v) is 14.1. The highest BCUT2D eigenvalue weighted by atomic mass is 32.2. The van der Waals surface area contributed by atoms with Gasteiger partial charge in [0.15, 0.2) is 16.4 Å². The molecule has 132 valence electrons. The van der Waals surface area contributed by atoms with Gasteiger partial charge in [-0.2, -0.15) is 0 Å². The fourth-order valence-electron chi connectivity index (χ4n) is 2.32. The molecular formula is C16H21NO6S. The van der Waals surface area contributed by atoms with Crippen LogP contribution in [0.15, 0.2) is 30.3 Å². The maximum absolute atomic E-state index is 11.6. The van der Waals surface area contributed by atoms with Crippen molar-refractivity contribution >= 4 is 21.7 Å². The molecule has 1 saturated heterocycles. The van der Waals surface area contributed by atoms with Crippen molar-refractivity contribution in [2.75, 3.05) is 24.7 Å². The Hall–Kier alpha value is -2.09. The van der Waals surface area contributed by atoms with E-state index in [2.05, 4.69) is 5.32 Å². The molecule has 1 aromatic rings. The van der Waals surface area contributed by atoms with Crippen LogP contribution >= 0.6 is 0 Å². The minimum absolute atomic E-state index is 0.0521. The summed E-state index contributed by atoms with van der Waals surface area (Å²) in [7, 11) is -3.05. The topological polar surface area (TPSA) is 98.8 Å². The number of para-hydroxylation sites is 1. The first kappa shape index (κ1) is 18.3. The largest absolute Gasteiger partial charge is 0.494 e. The molecule has 0 bridgehead atoms. The fourth-order valence-corrected chi connectivity index (χ4v) is 3.99. The summed E-state index contributed by atoms with van der Waals surface area (Å²) in [6.45, 7) is -0.0137. The predicted octanol–water partition coefficient (Wildman–Crippen LogP) is 0.692. The molecule has 1 aromatic carbocycles. The summed E-state index contributed by atoms with van der Waals surface area (Å²) in [5.74, 6) is -0.202. The summed E-state index contributed by atoms with van der Waals surface area (Å²) in [6.07, 6.45) is 1.03. The Bertz CT molecular complexity index is 658. The van der Waals surface area contributed by atoms with Crippen LogP contribution in [0.3, 0.4) is 0 Å². The van der Waals surface area contributed by atoms with Crippen molar-refractivity contribution in [1.29, 1.82) is 0 Å². The van der Waals surface area contributed by atoms with E-state index in [0.29, 0.717) is 19.4 Å². The zero-order chi connectivity index (χ0) is 17.4. The number of ether oxygens (including phenoxy) is 2. The van der Waals surface area contributed by atoms with E-state index in [-0.39, 0.29) is 24.0 Å². The Morgan fingerprint density at radius 3 is 2.62 bits per heavy atom. The molecule has 0 saturated carbocycles. The van der Waals surface area contributed by atoms with Crippen LogP contribution in [0.5, 0.6) is 5.75 Å². The molecule has 1 fully saturated rings. The van der Waals surface area contributed by atoms with Gasteiger partial charge in [-0.05, 0) is 25.0 Å². The second-order valence-corrected chi connectivity index (χ2v) is 7.82. The lowest BCUT2D eigenvalue weighted by Crippen LogP contribution is -2.38. The number of rotatable bonds is 8. The molecule has 24 heavy (non-hydrogen) atoms. The highest BCUT2D eigenvalue weighted by molar-refractivity contribution is 7.91. The van der Waals surface area contributed by atoms with Gasteiger partial charge in [-0.3, -0.25) is 9.59 Å². The quantitative estimate of drug-likeness (QED) is 0.544. The number of hydrogen-bond donors (Lipinski definition) is 1.